The van der Waals surface area contributed by atoms with Crippen molar-refractivity contribution in [1.29, 1.82) is 0 Å². The van der Waals surface area contributed by atoms with Crippen molar-refractivity contribution in [1.82, 2.24) is 4.98 Å². The van der Waals surface area contributed by atoms with E-state index >= 15 is 0 Å². The van der Waals surface area contributed by atoms with Crippen LogP contribution in [0.2, 0.25) is 0 Å². The van der Waals surface area contributed by atoms with Gasteiger partial charge < -0.3 is 10.2 Å². The van der Waals surface area contributed by atoms with Gasteiger partial charge in [-0.3, -0.25) is 9.78 Å². The maximum Gasteiger partial charge on any atom is 0.161 e. The van der Waals surface area contributed by atoms with Crippen molar-refractivity contribution < 1.29 is 4.79 Å². The normalized spacial score (nSPS) is 18.5. The van der Waals surface area contributed by atoms with Crippen LogP contribution in [0.25, 0.3) is 16.5 Å². The zero-order valence-electron chi connectivity index (χ0n) is 16.2. The number of ketones is 1. The number of hydrogen-bond acceptors (Lipinski definition) is 4. The van der Waals surface area contributed by atoms with Crippen molar-refractivity contribution >= 4 is 33.6 Å². The van der Waals surface area contributed by atoms with Gasteiger partial charge in [0.1, 0.15) is 0 Å². The molecule has 0 fully saturated rings. The number of aromatic nitrogens is 1. The van der Waals surface area contributed by atoms with Crippen molar-refractivity contribution in [3.05, 3.63) is 71.4 Å². The van der Waals surface area contributed by atoms with E-state index in [0.29, 0.717) is 6.42 Å². The minimum absolute atomic E-state index is 0.0966. The molecule has 0 bridgehead atoms. The van der Waals surface area contributed by atoms with Gasteiger partial charge in [0, 0.05) is 54.6 Å². The predicted octanol–water partition coefficient (Wildman–Crippen LogP) is 4.97. The summed E-state index contributed by atoms with van der Waals surface area (Å²) >= 11 is 0. The zero-order valence-corrected chi connectivity index (χ0v) is 16.2. The van der Waals surface area contributed by atoms with Gasteiger partial charge in [0.05, 0.1) is 11.6 Å². The minimum atomic E-state index is -0.0966. The van der Waals surface area contributed by atoms with Crippen molar-refractivity contribution in [3.63, 3.8) is 0 Å². The van der Waals surface area contributed by atoms with Gasteiger partial charge in [0.15, 0.2) is 5.78 Å². The van der Waals surface area contributed by atoms with Crippen LogP contribution < -0.4 is 10.2 Å². The Labute approximate surface area is 164 Å². The third-order valence-electron chi connectivity index (χ3n) is 5.87. The quantitative estimate of drug-likeness (QED) is 0.692. The number of fused-ring (bicyclic) bond motifs is 4. The zero-order chi connectivity index (χ0) is 19.3. The fraction of sp³-hybridized carbons (Fsp3) is 0.250. The average molecular weight is 369 g/mol. The molecule has 5 rings (SSSR count). The fourth-order valence-corrected chi connectivity index (χ4v) is 4.50. The molecule has 1 atom stereocenters. The predicted molar refractivity (Wildman–Crippen MR) is 115 cm³/mol. The molecule has 1 N–H and O–H groups in total. The van der Waals surface area contributed by atoms with Crippen LogP contribution in [0.15, 0.2) is 60.3 Å². The first-order valence-corrected chi connectivity index (χ1v) is 9.81. The summed E-state index contributed by atoms with van der Waals surface area (Å²) in [5.41, 5.74) is 7.65. The SMILES string of the molecule is CN(C)c1ccc([C@H]2Nc3ccc4ncccc4c3C3=C2C(=O)CCC3)cc1. The van der Waals surface area contributed by atoms with Gasteiger partial charge in [0.25, 0.3) is 0 Å². The largest absolute Gasteiger partial charge is 0.378 e. The Morgan fingerprint density at radius 3 is 2.64 bits per heavy atom. The minimum Gasteiger partial charge on any atom is -0.378 e. The van der Waals surface area contributed by atoms with Crippen LogP contribution in [0.1, 0.15) is 36.4 Å². The third kappa shape index (κ3) is 2.60. The number of anilines is 2. The molecule has 4 heteroatoms. The molecule has 2 heterocycles. The number of carbonyl (C=O) groups excluding carboxylic acids is 1. The molecule has 1 aliphatic heterocycles. The monoisotopic (exact) mass is 369 g/mol. The molecule has 0 saturated carbocycles. The van der Waals surface area contributed by atoms with E-state index in [0.717, 1.165) is 51.8 Å². The summed E-state index contributed by atoms with van der Waals surface area (Å²) in [6.07, 6.45) is 4.31. The van der Waals surface area contributed by atoms with Crippen LogP contribution in [0.5, 0.6) is 0 Å². The van der Waals surface area contributed by atoms with Crippen molar-refractivity contribution in [2.75, 3.05) is 24.3 Å². The van der Waals surface area contributed by atoms with Crippen LogP contribution in [0.3, 0.4) is 0 Å². The number of allylic oxidation sites excluding steroid dienone is 1. The summed E-state index contributed by atoms with van der Waals surface area (Å²) in [5, 5.41) is 4.79. The summed E-state index contributed by atoms with van der Waals surface area (Å²) in [6, 6.07) is 16.6. The molecule has 28 heavy (non-hydrogen) atoms. The topological polar surface area (TPSA) is 45.2 Å². The highest BCUT2D eigenvalue weighted by Crippen LogP contribution is 2.47. The van der Waals surface area contributed by atoms with E-state index in [4.69, 9.17) is 0 Å². The van der Waals surface area contributed by atoms with Crippen LogP contribution in [0, 0.1) is 0 Å². The maximum atomic E-state index is 13.0. The number of Topliss-reactive ketones (excluding diaryl/α,β-unsaturated/α-hetero) is 1. The summed E-state index contributed by atoms with van der Waals surface area (Å²) < 4.78 is 0. The summed E-state index contributed by atoms with van der Waals surface area (Å²) in [6.45, 7) is 0. The molecular formula is C24H23N3O. The van der Waals surface area contributed by atoms with Crippen molar-refractivity contribution in [2.24, 2.45) is 0 Å². The van der Waals surface area contributed by atoms with Crippen molar-refractivity contribution in [3.8, 4) is 0 Å². The first-order chi connectivity index (χ1) is 13.6. The molecule has 0 saturated heterocycles. The number of nitrogens with zero attached hydrogens (tertiary/aromatic N) is 2. The third-order valence-corrected chi connectivity index (χ3v) is 5.87. The van der Waals surface area contributed by atoms with Crippen LogP contribution in [-0.4, -0.2) is 24.9 Å². The van der Waals surface area contributed by atoms with E-state index in [1.807, 2.05) is 26.4 Å². The van der Waals surface area contributed by atoms with Crippen LogP contribution in [-0.2, 0) is 4.79 Å². The fourth-order valence-electron chi connectivity index (χ4n) is 4.50. The molecule has 1 aromatic heterocycles. The second-order valence-electron chi connectivity index (χ2n) is 7.79. The summed E-state index contributed by atoms with van der Waals surface area (Å²) in [7, 11) is 4.07. The summed E-state index contributed by atoms with van der Waals surface area (Å²) in [4.78, 5) is 19.6. The van der Waals surface area contributed by atoms with E-state index in [2.05, 4.69) is 57.7 Å². The molecule has 0 unspecified atom stereocenters. The molecule has 3 aromatic rings. The Hall–Kier alpha value is -3.14. The second-order valence-corrected chi connectivity index (χ2v) is 7.79. The number of hydrogen-bond donors (Lipinski definition) is 1. The van der Waals surface area contributed by atoms with Gasteiger partial charge in [-0.1, -0.05) is 18.2 Å². The van der Waals surface area contributed by atoms with Gasteiger partial charge in [-0.25, -0.2) is 0 Å². The lowest BCUT2D eigenvalue weighted by Gasteiger charge is -2.35. The van der Waals surface area contributed by atoms with Gasteiger partial charge in [-0.15, -0.1) is 0 Å². The molecule has 0 amide bonds. The molecular weight excluding hydrogens is 346 g/mol. The Bertz CT molecular complexity index is 1110. The molecule has 140 valence electrons. The molecule has 0 radical (unpaired) electrons. The first kappa shape index (κ1) is 17.0. The lowest BCUT2D eigenvalue weighted by Crippen LogP contribution is -2.27. The van der Waals surface area contributed by atoms with E-state index in [1.165, 1.54) is 5.57 Å². The molecule has 2 aliphatic rings. The highest BCUT2D eigenvalue weighted by atomic mass is 16.1. The molecule has 0 spiro atoms. The Morgan fingerprint density at radius 2 is 1.86 bits per heavy atom. The van der Waals surface area contributed by atoms with E-state index in [-0.39, 0.29) is 11.8 Å². The van der Waals surface area contributed by atoms with Crippen molar-refractivity contribution in [2.45, 2.75) is 25.3 Å². The number of pyridine rings is 1. The number of benzene rings is 2. The highest BCUT2D eigenvalue weighted by Gasteiger charge is 2.34. The Balaban J connectivity index is 1.71. The lowest BCUT2D eigenvalue weighted by molar-refractivity contribution is -0.116. The molecule has 1 aliphatic carbocycles. The second kappa shape index (κ2) is 6.48. The van der Waals surface area contributed by atoms with E-state index in [9.17, 15) is 4.79 Å². The number of nitrogens with one attached hydrogen (secondary N) is 1. The maximum absolute atomic E-state index is 13.0. The molecule has 2 aromatic carbocycles. The average Bonchev–Trinajstić information content (AvgIpc) is 2.73. The van der Waals surface area contributed by atoms with E-state index < -0.39 is 0 Å². The highest BCUT2D eigenvalue weighted by molar-refractivity contribution is 6.12. The van der Waals surface area contributed by atoms with Gasteiger partial charge in [-0.05, 0) is 54.3 Å². The van der Waals surface area contributed by atoms with Crippen LogP contribution in [0.4, 0.5) is 11.4 Å². The standard InChI is InChI=1S/C24H23N3O/c1-27(2)16-10-8-15(9-11-16)24-23-18(5-3-7-21(23)28)22-17-6-4-14-25-19(17)12-13-20(22)26-24/h4,6,8-14,24,26H,3,5,7H2,1-2H3/t24-/m1/s1. The Kier molecular flexibility index (Phi) is 3.93. The lowest BCUT2D eigenvalue weighted by atomic mass is 9.77. The van der Waals surface area contributed by atoms with Gasteiger partial charge in [-0.2, -0.15) is 0 Å². The number of carbonyl (C=O) groups is 1. The Morgan fingerprint density at radius 1 is 1.04 bits per heavy atom. The smallest absolute Gasteiger partial charge is 0.161 e. The van der Waals surface area contributed by atoms with Gasteiger partial charge >= 0.3 is 0 Å². The van der Waals surface area contributed by atoms with Gasteiger partial charge in [0.2, 0.25) is 0 Å². The van der Waals surface area contributed by atoms with E-state index in [1.54, 1.807) is 0 Å². The number of rotatable bonds is 2. The molecule has 4 nitrogen and oxygen atoms in total. The van der Waals surface area contributed by atoms with Crippen LogP contribution >= 0.6 is 0 Å². The summed E-state index contributed by atoms with van der Waals surface area (Å²) in [5.74, 6) is 0.266. The first-order valence-electron chi connectivity index (χ1n) is 9.81.